The molecule has 0 saturated carbocycles. The highest BCUT2D eigenvalue weighted by Gasteiger charge is 2.36. The van der Waals surface area contributed by atoms with E-state index in [4.69, 9.17) is 16.3 Å². The SMILES string of the molecule is Cc1ccc(CN(C(=O)C(C)Oc2ccccc2Cl)C2CCS(=O)(=O)C2)cc1. The fourth-order valence-corrected chi connectivity index (χ4v) is 5.22. The largest absolute Gasteiger partial charge is 0.479 e. The molecule has 1 amide bonds. The fraction of sp³-hybridized carbons (Fsp3) is 0.381. The highest BCUT2D eigenvalue weighted by Crippen LogP contribution is 2.26. The van der Waals surface area contributed by atoms with E-state index in [1.807, 2.05) is 31.2 Å². The van der Waals surface area contributed by atoms with Gasteiger partial charge in [0, 0.05) is 12.6 Å². The van der Waals surface area contributed by atoms with Crippen LogP contribution >= 0.6 is 11.6 Å². The molecule has 0 aliphatic carbocycles. The average Bonchev–Trinajstić information content (AvgIpc) is 3.02. The standard InChI is InChI=1S/C21H24ClNO4S/c1-15-7-9-17(10-8-15)13-23(18-11-12-28(25,26)14-18)21(24)16(2)27-20-6-4-3-5-19(20)22/h3-10,16,18H,11-14H2,1-2H3. The van der Waals surface area contributed by atoms with Crippen LogP contribution in [-0.4, -0.2) is 42.9 Å². The Morgan fingerprint density at radius 3 is 2.50 bits per heavy atom. The van der Waals surface area contributed by atoms with E-state index in [1.165, 1.54) is 0 Å². The molecule has 0 aromatic heterocycles. The molecule has 150 valence electrons. The van der Waals surface area contributed by atoms with E-state index in [1.54, 1.807) is 36.1 Å². The number of benzene rings is 2. The second-order valence-corrected chi connectivity index (χ2v) is 9.84. The summed E-state index contributed by atoms with van der Waals surface area (Å²) in [4.78, 5) is 14.8. The van der Waals surface area contributed by atoms with E-state index in [-0.39, 0.29) is 23.5 Å². The zero-order chi connectivity index (χ0) is 20.3. The predicted octanol–water partition coefficient (Wildman–Crippen LogP) is 3.63. The molecule has 5 nitrogen and oxygen atoms in total. The maximum Gasteiger partial charge on any atom is 0.263 e. The number of sulfone groups is 1. The van der Waals surface area contributed by atoms with Crippen LogP contribution < -0.4 is 4.74 Å². The monoisotopic (exact) mass is 421 g/mol. The van der Waals surface area contributed by atoms with Gasteiger partial charge in [-0.25, -0.2) is 8.42 Å². The molecule has 0 N–H and O–H groups in total. The highest BCUT2D eigenvalue weighted by atomic mass is 35.5. The normalized spacial score (nSPS) is 19.2. The molecule has 0 radical (unpaired) electrons. The molecule has 3 rings (SSSR count). The summed E-state index contributed by atoms with van der Waals surface area (Å²) in [6.45, 7) is 4.00. The lowest BCUT2D eigenvalue weighted by atomic mass is 10.1. The quantitative estimate of drug-likeness (QED) is 0.714. The molecule has 2 atom stereocenters. The van der Waals surface area contributed by atoms with Crippen LogP contribution in [0.1, 0.15) is 24.5 Å². The van der Waals surface area contributed by atoms with Gasteiger partial charge in [0.05, 0.1) is 16.5 Å². The number of carbonyl (C=O) groups excluding carboxylic acids is 1. The molecular formula is C21H24ClNO4S. The molecule has 0 bridgehead atoms. The molecular weight excluding hydrogens is 398 g/mol. The Bertz CT molecular complexity index is 943. The Balaban J connectivity index is 1.81. The van der Waals surface area contributed by atoms with Crippen molar-refractivity contribution in [2.24, 2.45) is 0 Å². The van der Waals surface area contributed by atoms with E-state index in [2.05, 4.69) is 0 Å². The topological polar surface area (TPSA) is 63.7 Å². The lowest BCUT2D eigenvalue weighted by Gasteiger charge is -2.31. The van der Waals surface area contributed by atoms with Crippen LogP contribution in [0.3, 0.4) is 0 Å². The number of hydrogen-bond donors (Lipinski definition) is 0. The van der Waals surface area contributed by atoms with Crippen LogP contribution in [0, 0.1) is 6.92 Å². The third-order valence-electron chi connectivity index (χ3n) is 4.89. The number of carbonyl (C=O) groups is 1. The minimum atomic E-state index is -3.12. The van der Waals surface area contributed by atoms with Gasteiger partial charge in [0.2, 0.25) is 0 Å². The summed E-state index contributed by atoms with van der Waals surface area (Å²) in [5.41, 5.74) is 2.08. The Kier molecular flexibility index (Phi) is 6.30. The molecule has 1 fully saturated rings. The van der Waals surface area contributed by atoms with Crippen molar-refractivity contribution in [3.8, 4) is 5.75 Å². The van der Waals surface area contributed by atoms with Crippen molar-refractivity contribution in [3.63, 3.8) is 0 Å². The first-order valence-corrected chi connectivity index (χ1v) is 11.4. The average molecular weight is 422 g/mol. The minimum absolute atomic E-state index is 0.0105. The van der Waals surface area contributed by atoms with Gasteiger partial charge in [-0.1, -0.05) is 53.6 Å². The molecule has 1 aliphatic rings. The number of aryl methyl sites for hydroxylation is 1. The van der Waals surface area contributed by atoms with E-state index in [0.29, 0.717) is 23.7 Å². The smallest absolute Gasteiger partial charge is 0.263 e. The first kappa shape index (κ1) is 20.7. The first-order chi connectivity index (χ1) is 13.2. The summed E-state index contributed by atoms with van der Waals surface area (Å²) in [6.07, 6.45) is -0.340. The molecule has 1 aliphatic heterocycles. The summed E-state index contributed by atoms with van der Waals surface area (Å²) in [6, 6.07) is 14.5. The van der Waals surface area contributed by atoms with Crippen LogP contribution in [0.5, 0.6) is 5.75 Å². The fourth-order valence-electron chi connectivity index (χ4n) is 3.31. The van der Waals surface area contributed by atoms with Crippen molar-refractivity contribution in [2.75, 3.05) is 11.5 Å². The van der Waals surface area contributed by atoms with E-state index >= 15 is 0 Å². The van der Waals surface area contributed by atoms with Gasteiger partial charge in [-0.2, -0.15) is 0 Å². The Hall–Kier alpha value is -2.05. The highest BCUT2D eigenvalue weighted by molar-refractivity contribution is 7.91. The van der Waals surface area contributed by atoms with E-state index in [9.17, 15) is 13.2 Å². The summed E-state index contributed by atoms with van der Waals surface area (Å²) >= 11 is 6.13. The molecule has 1 saturated heterocycles. The minimum Gasteiger partial charge on any atom is -0.479 e. The maximum atomic E-state index is 13.2. The molecule has 2 unspecified atom stereocenters. The van der Waals surface area contributed by atoms with Crippen LogP contribution in [0.4, 0.5) is 0 Å². The number of rotatable bonds is 6. The number of para-hydroxylation sites is 1. The van der Waals surface area contributed by atoms with Crippen molar-refractivity contribution < 1.29 is 17.9 Å². The van der Waals surface area contributed by atoms with Crippen LogP contribution in [0.15, 0.2) is 48.5 Å². The number of nitrogens with zero attached hydrogens (tertiary/aromatic N) is 1. The number of halogens is 1. The Labute approximate surface area is 171 Å². The van der Waals surface area contributed by atoms with Gasteiger partial charge in [-0.15, -0.1) is 0 Å². The lowest BCUT2D eigenvalue weighted by molar-refractivity contribution is -0.140. The zero-order valence-electron chi connectivity index (χ0n) is 16.0. The van der Waals surface area contributed by atoms with Gasteiger partial charge in [-0.3, -0.25) is 4.79 Å². The zero-order valence-corrected chi connectivity index (χ0v) is 17.5. The van der Waals surface area contributed by atoms with Gasteiger partial charge in [0.15, 0.2) is 15.9 Å². The molecule has 28 heavy (non-hydrogen) atoms. The summed E-state index contributed by atoms with van der Waals surface area (Å²) in [5, 5.41) is 0.427. The van der Waals surface area contributed by atoms with Gasteiger partial charge < -0.3 is 9.64 Å². The third-order valence-corrected chi connectivity index (χ3v) is 6.96. The summed E-state index contributed by atoms with van der Waals surface area (Å²) < 4.78 is 29.8. The van der Waals surface area contributed by atoms with Gasteiger partial charge in [-0.05, 0) is 38.0 Å². The van der Waals surface area contributed by atoms with Crippen molar-refractivity contribution in [3.05, 3.63) is 64.7 Å². The predicted molar refractivity (Wildman–Crippen MR) is 110 cm³/mol. The van der Waals surface area contributed by atoms with Gasteiger partial charge >= 0.3 is 0 Å². The third kappa shape index (κ3) is 5.06. The first-order valence-electron chi connectivity index (χ1n) is 9.23. The van der Waals surface area contributed by atoms with Crippen molar-refractivity contribution in [1.82, 2.24) is 4.90 Å². The summed E-state index contributed by atoms with van der Waals surface area (Å²) in [5.74, 6) is 0.278. The number of hydrogen-bond acceptors (Lipinski definition) is 4. The van der Waals surface area contributed by atoms with E-state index in [0.717, 1.165) is 11.1 Å². The summed E-state index contributed by atoms with van der Waals surface area (Å²) in [7, 11) is -3.12. The Morgan fingerprint density at radius 1 is 1.21 bits per heavy atom. The van der Waals surface area contributed by atoms with Crippen LogP contribution in [0.25, 0.3) is 0 Å². The molecule has 2 aromatic carbocycles. The second-order valence-electron chi connectivity index (χ2n) is 7.20. The van der Waals surface area contributed by atoms with E-state index < -0.39 is 15.9 Å². The van der Waals surface area contributed by atoms with Crippen molar-refractivity contribution >= 4 is 27.3 Å². The van der Waals surface area contributed by atoms with Gasteiger partial charge in [0.25, 0.3) is 5.91 Å². The number of ether oxygens (including phenoxy) is 1. The lowest BCUT2D eigenvalue weighted by Crippen LogP contribution is -2.46. The number of amides is 1. The van der Waals surface area contributed by atoms with Crippen molar-refractivity contribution in [2.45, 2.75) is 39.0 Å². The molecule has 2 aromatic rings. The van der Waals surface area contributed by atoms with Crippen molar-refractivity contribution in [1.29, 1.82) is 0 Å². The second kappa shape index (κ2) is 8.53. The van der Waals surface area contributed by atoms with Crippen LogP contribution in [0.2, 0.25) is 5.02 Å². The maximum absolute atomic E-state index is 13.2. The molecule has 7 heteroatoms. The van der Waals surface area contributed by atoms with Crippen LogP contribution in [-0.2, 0) is 21.2 Å². The Morgan fingerprint density at radius 2 is 1.89 bits per heavy atom. The molecule has 0 spiro atoms. The molecule has 1 heterocycles. The van der Waals surface area contributed by atoms with Gasteiger partial charge in [0.1, 0.15) is 5.75 Å².